The summed E-state index contributed by atoms with van der Waals surface area (Å²) in [5.41, 5.74) is 2.40. The molecule has 2 aromatic carbocycles. The zero-order valence-electron chi connectivity index (χ0n) is 15.0. The Morgan fingerprint density at radius 3 is 3.00 bits per heavy atom. The molecule has 7 nitrogen and oxygen atoms in total. The number of nitrogens with zero attached hydrogens (tertiary/aromatic N) is 1. The van der Waals surface area contributed by atoms with Crippen LogP contribution in [0.5, 0.6) is 11.5 Å². The number of rotatable bonds is 4. The molecule has 5 rings (SSSR count). The van der Waals surface area contributed by atoms with Crippen LogP contribution < -0.4 is 20.1 Å². The largest absolute Gasteiger partial charge is 0.454 e. The number of fused-ring (bicyclic) bond motifs is 2. The molecule has 0 spiro atoms. The first-order valence-electron chi connectivity index (χ1n) is 8.88. The summed E-state index contributed by atoms with van der Waals surface area (Å²) < 4.78 is 10.7. The lowest BCUT2D eigenvalue weighted by Gasteiger charge is -2.23. The number of nitrogens with one attached hydrogen (secondary N) is 2. The number of carbonyl (C=O) groups is 2. The molecule has 1 unspecified atom stereocenters. The number of thiazole rings is 1. The molecule has 2 N–H and O–H groups in total. The maximum atomic E-state index is 12.5. The Balaban J connectivity index is 1.25. The van der Waals surface area contributed by atoms with Crippen LogP contribution in [0.25, 0.3) is 11.3 Å². The van der Waals surface area contributed by atoms with Gasteiger partial charge in [0.25, 0.3) is 0 Å². The van der Waals surface area contributed by atoms with Gasteiger partial charge in [-0.05, 0) is 30.3 Å². The molecular formula is C20H15N3O4S2. The fourth-order valence-electron chi connectivity index (χ4n) is 3.09. The summed E-state index contributed by atoms with van der Waals surface area (Å²) in [6.07, 6.45) is 0.0732. The van der Waals surface area contributed by atoms with Crippen LogP contribution in [-0.2, 0) is 9.59 Å². The summed E-state index contributed by atoms with van der Waals surface area (Å²) in [7, 11) is 0. The van der Waals surface area contributed by atoms with Crippen LogP contribution in [0.3, 0.4) is 0 Å². The average molecular weight is 425 g/mol. The Labute approximate surface area is 174 Å². The molecule has 3 heterocycles. The third-order valence-corrected chi connectivity index (χ3v) is 6.53. The van der Waals surface area contributed by atoms with Gasteiger partial charge in [-0.1, -0.05) is 12.1 Å². The molecule has 0 fully saturated rings. The number of amides is 2. The summed E-state index contributed by atoms with van der Waals surface area (Å²) in [6.45, 7) is 0.217. The monoisotopic (exact) mass is 425 g/mol. The van der Waals surface area contributed by atoms with Crippen LogP contribution in [0.4, 0.5) is 10.8 Å². The normalized spacial score (nSPS) is 16.8. The first-order chi connectivity index (χ1) is 14.2. The van der Waals surface area contributed by atoms with Crippen molar-refractivity contribution in [1.82, 2.24) is 4.98 Å². The van der Waals surface area contributed by atoms with Gasteiger partial charge in [0.2, 0.25) is 18.6 Å². The summed E-state index contributed by atoms with van der Waals surface area (Å²) in [6, 6.07) is 13.2. The van der Waals surface area contributed by atoms with Gasteiger partial charge in [-0.15, -0.1) is 23.1 Å². The van der Waals surface area contributed by atoms with E-state index in [4.69, 9.17) is 9.47 Å². The number of ether oxygens (including phenoxy) is 2. The summed E-state index contributed by atoms with van der Waals surface area (Å²) in [5.74, 6) is 0.983. The Morgan fingerprint density at radius 1 is 1.21 bits per heavy atom. The third kappa shape index (κ3) is 3.66. The van der Waals surface area contributed by atoms with Gasteiger partial charge in [0.05, 0.1) is 16.6 Å². The van der Waals surface area contributed by atoms with Crippen molar-refractivity contribution in [2.24, 2.45) is 0 Å². The van der Waals surface area contributed by atoms with Crippen LogP contribution >= 0.6 is 23.1 Å². The van der Waals surface area contributed by atoms with Gasteiger partial charge < -0.3 is 20.1 Å². The van der Waals surface area contributed by atoms with E-state index < -0.39 is 5.25 Å². The van der Waals surface area contributed by atoms with Crippen molar-refractivity contribution in [1.29, 1.82) is 0 Å². The Morgan fingerprint density at radius 2 is 2.07 bits per heavy atom. The Bertz CT molecular complexity index is 1110. The number of benzene rings is 2. The summed E-state index contributed by atoms with van der Waals surface area (Å²) >= 11 is 2.74. The molecule has 1 atom stereocenters. The zero-order valence-corrected chi connectivity index (χ0v) is 16.6. The molecule has 1 aromatic heterocycles. The Kier molecular flexibility index (Phi) is 4.61. The van der Waals surface area contributed by atoms with E-state index in [0.29, 0.717) is 16.6 Å². The molecule has 2 aliphatic rings. The lowest BCUT2D eigenvalue weighted by molar-refractivity contribution is -0.120. The fourth-order valence-corrected chi connectivity index (χ4v) is 4.93. The molecule has 3 aromatic rings. The van der Waals surface area contributed by atoms with Crippen LogP contribution in [-0.4, -0.2) is 28.8 Å². The van der Waals surface area contributed by atoms with Crippen molar-refractivity contribution in [3.63, 3.8) is 0 Å². The van der Waals surface area contributed by atoms with Gasteiger partial charge in [0.15, 0.2) is 16.6 Å². The van der Waals surface area contributed by atoms with Gasteiger partial charge >= 0.3 is 0 Å². The van der Waals surface area contributed by atoms with E-state index in [0.717, 1.165) is 21.8 Å². The van der Waals surface area contributed by atoms with E-state index >= 15 is 0 Å². The lowest BCUT2D eigenvalue weighted by atomic mass is 10.1. The molecule has 146 valence electrons. The van der Waals surface area contributed by atoms with E-state index in [1.54, 1.807) is 0 Å². The predicted molar refractivity (Wildman–Crippen MR) is 112 cm³/mol. The second-order valence-electron chi connectivity index (χ2n) is 6.45. The molecule has 0 saturated heterocycles. The number of carbonyl (C=O) groups excluding carboxylic acids is 2. The predicted octanol–water partition coefficient (Wildman–Crippen LogP) is 3.98. The van der Waals surface area contributed by atoms with Crippen molar-refractivity contribution < 1.29 is 19.1 Å². The van der Waals surface area contributed by atoms with Crippen LogP contribution in [0, 0.1) is 0 Å². The van der Waals surface area contributed by atoms with E-state index in [-0.39, 0.29) is 25.0 Å². The van der Waals surface area contributed by atoms with Crippen LogP contribution in [0.15, 0.2) is 52.7 Å². The van der Waals surface area contributed by atoms with E-state index in [1.165, 1.54) is 23.1 Å². The fraction of sp³-hybridized carbons (Fsp3) is 0.150. The zero-order chi connectivity index (χ0) is 19.8. The molecule has 29 heavy (non-hydrogen) atoms. The second-order valence-corrected chi connectivity index (χ2v) is 8.55. The molecule has 9 heteroatoms. The first-order valence-corrected chi connectivity index (χ1v) is 10.6. The highest BCUT2D eigenvalue weighted by molar-refractivity contribution is 8.01. The second kappa shape index (κ2) is 7.41. The van der Waals surface area contributed by atoms with Crippen molar-refractivity contribution in [3.8, 4) is 22.8 Å². The minimum Gasteiger partial charge on any atom is -0.454 e. The molecule has 0 aliphatic carbocycles. The maximum absolute atomic E-state index is 12.5. The van der Waals surface area contributed by atoms with E-state index in [2.05, 4.69) is 15.6 Å². The van der Waals surface area contributed by atoms with Gasteiger partial charge in [-0.25, -0.2) is 4.98 Å². The smallest absolute Gasteiger partial charge is 0.238 e. The molecule has 2 aliphatic heterocycles. The number of anilines is 2. The topological polar surface area (TPSA) is 89.6 Å². The quantitative estimate of drug-likeness (QED) is 0.657. The lowest BCUT2D eigenvalue weighted by Crippen LogP contribution is -2.32. The summed E-state index contributed by atoms with van der Waals surface area (Å²) in [5, 5.41) is 7.53. The summed E-state index contributed by atoms with van der Waals surface area (Å²) in [4.78, 5) is 30.2. The van der Waals surface area contributed by atoms with Gasteiger partial charge in [-0.2, -0.15) is 0 Å². The number of hydrogen-bond acceptors (Lipinski definition) is 7. The Hall–Kier alpha value is -3.04. The molecule has 0 radical (unpaired) electrons. The average Bonchev–Trinajstić information content (AvgIpc) is 3.37. The molecular weight excluding hydrogens is 410 g/mol. The maximum Gasteiger partial charge on any atom is 0.238 e. The molecule has 0 saturated carbocycles. The van der Waals surface area contributed by atoms with Crippen LogP contribution in [0.2, 0.25) is 0 Å². The van der Waals surface area contributed by atoms with Crippen molar-refractivity contribution in [3.05, 3.63) is 47.8 Å². The van der Waals surface area contributed by atoms with Crippen molar-refractivity contribution in [2.75, 3.05) is 17.4 Å². The number of aromatic nitrogens is 1. The first kappa shape index (κ1) is 18.0. The standard InChI is InChI=1S/C20H15N3O4S2/c24-18(8-17-19(25)21-12-3-1-2-4-16(12)29-17)23-20-22-13(9-28-20)11-5-6-14-15(7-11)27-10-26-14/h1-7,9,17H,8,10H2,(H,21,25)(H,22,23,24). The minimum absolute atomic E-state index is 0.0732. The molecule has 2 amide bonds. The third-order valence-electron chi connectivity index (χ3n) is 4.50. The van der Waals surface area contributed by atoms with Crippen molar-refractivity contribution >= 4 is 45.7 Å². The minimum atomic E-state index is -0.474. The van der Waals surface area contributed by atoms with E-state index in [1.807, 2.05) is 47.8 Å². The van der Waals surface area contributed by atoms with Crippen molar-refractivity contribution in [2.45, 2.75) is 16.6 Å². The van der Waals surface area contributed by atoms with E-state index in [9.17, 15) is 9.59 Å². The van der Waals surface area contributed by atoms with Gasteiger partial charge in [0.1, 0.15) is 0 Å². The number of hydrogen-bond donors (Lipinski definition) is 2. The number of para-hydroxylation sites is 1. The number of thioether (sulfide) groups is 1. The highest BCUT2D eigenvalue weighted by Crippen LogP contribution is 2.38. The van der Waals surface area contributed by atoms with Gasteiger partial charge in [-0.3, -0.25) is 9.59 Å². The highest BCUT2D eigenvalue weighted by atomic mass is 32.2. The van der Waals surface area contributed by atoms with Crippen LogP contribution in [0.1, 0.15) is 6.42 Å². The SMILES string of the molecule is O=C(CC1Sc2ccccc2NC1=O)Nc1nc(-c2ccc3c(c2)OCO3)cs1. The van der Waals surface area contributed by atoms with Gasteiger partial charge in [0, 0.05) is 22.3 Å². The highest BCUT2D eigenvalue weighted by Gasteiger charge is 2.29. The molecule has 0 bridgehead atoms.